The van der Waals surface area contributed by atoms with Gasteiger partial charge in [-0.05, 0) is 24.5 Å². The molecule has 0 fully saturated rings. The second kappa shape index (κ2) is 5.79. The molecule has 4 nitrogen and oxygen atoms in total. The first kappa shape index (κ1) is 14.6. The van der Waals surface area contributed by atoms with Crippen molar-refractivity contribution >= 4 is 11.6 Å². The molecule has 2 heterocycles. The average molecular weight is 305 g/mol. The number of aryl methyl sites for hydroxylation is 2. The smallest absolute Gasteiger partial charge is 0.131 e. The van der Waals surface area contributed by atoms with Gasteiger partial charge in [0.25, 0.3) is 0 Å². The van der Waals surface area contributed by atoms with Crippen LogP contribution in [0.1, 0.15) is 28.4 Å². The summed E-state index contributed by atoms with van der Waals surface area (Å²) in [5.41, 5.74) is 10.9. The molecule has 0 saturated carbocycles. The molecule has 2 N–H and O–H groups in total. The number of hydrogen-bond acceptors (Lipinski definition) is 3. The van der Waals surface area contributed by atoms with Crippen LogP contribution in [0.3, 0.4) is 0 Å². The van der Waals surface area contributed by atoms with E-state index < -0.39 is 0 Å². The van der Waals surface area contributed by atoms with Crippen molar-refractivity contribution in [3.8, 4) is 0 Å². The molecule has 3 rings (SSSR count). The maximum Gasteiger partial charge on any atom is 0.131 e. The van der Waals surface area contributed by atoms with Crippen LogP contribution in [-0.4, -0.2) is 27.8 Å². The van der Waals surface area contributed by atoms with Gasteiger partial charge >= 0.3 is 0 Å². The van der Waals surface area contributed by atoms with Crippen LogP contribution in [0, 0.1) is 6.92 Å². The lowest BCUT2D eigenvalue weighted by molar-refractivity contribution is 0.180. The molecule has 21 heavy (non-hydrogen) atoms. The Balaban J connectivity index is 1.90. The summed E-state index contributed by atoms with van der Waals surface area (Å²) in [4.78, 5) is 2.41. The number of fused-ring (bicyclic) bond motifs is 1. The van der Waals surface area contributed by atoms with Crippen molar-refractivity contribution in [2.45, 2.75) is 25.9 Å². The average Bonchev–Trinajstić information content (AvgIpc) is 2.73. The van der Waals surface area contributed by atoms with Crippen molar-refractivity contribution in [3.63, 3.8) is 0 Å². The molecule has 0 spiro atoms. The van der Waals surface area contributed by atoms with Gasteiger partial charge in [0.05, 0.1) is 5.69 Å². The van der Waals surface area contributed by atoms with Crippen molar-refractivity contribution in [2.24, 2.45) is 12.8 Å². The molecule has 1 aromatic heterocycles. The molecule has 0 aliphatic carbocycles. The van der Waals surface area contributed by atoms with Crippen LogP contribution in [0.4, 0.5) is 0 Å². The highest BCUT2D eigenvalue weighted by Crippen LogP contribution is 2.31. The van der Waals surface area contributed by atoms with Crippen LogP contribution in [0.25, 0.3) is 0 Å². The van der Waals surface area contributed by atoms with Gasteiger partial charge in [-0.15, -0.1) is 0 Å². The Kier molecular flexibility index (Phi) is 4.02. The maximum absolute atomic E-state index is 6.37. The molecule has 2 aromatic rings. The number of rotatable bonds is 3. The topological polar surface area (TPSA) is 47.1 Å². The molecule has 112 valence electrons. The molecular weight excluding hydrogens is 284 g/mol. The molecule has 0 bridgehead atoms. The minimum atomic E-state index is 0.255. The third-order valence-corrected chi connectivity index (χ3v) is 4.85. The third-order valence-electron chi connectivity index (χ3n) is 4.38. The summed E-state index contributed by atoms with van der Waals surface area (Å²) in [5, 5.41) is 5.12. The highest BCUT2D eigenvalue weighted by molar-refractivity contribution is 6.30. The monoisotopic (exact) mass is 304 g/mol. The summed E-state index contributed by atoms with van der Waals surface area (Å²) < 4.78 is 1.74. The summed E-state index contributed by atoms with van der Waals surface area (Å²) >= 11 is 6.37. The molecule has 1 atom stereocenters. The fraction of sp³-hybridized carbons (Fsp3) is 0.438. The van der Waals surface area contributed by atoms with Crippen LogP contribution in [0.5, 0.6) is 0 Å². The van der Waals surface area contributed by atoms with Crippen LogP contribution < -0.4 is 5.73 Å². The van der Waals surface area contributed by atoms with Gasteiger partial charge in [-0.2, -0.15) is 5.10 Å². The maximum atomic E-state index is 6.37. The van der Waals surface area contributed by atoms with Crippen molar-refractivity contribution in [1.82, 2.24) is 14.7 Å². The standard InChI is InChI=1S/C16H21ClN4/c1-11-14(16(17)20(2)19-11)10-21-8-7-12-5-3-4-6-13(12)15(21)9-18/h3-6,15H,7-10,18H2,1-2H3. The summed E-state index contributed by atoms with van der Waals surface area (Å²) in [6.45, 7) is 4.43. The van der Waals surface area contributed by atoms with E-state index in [0.29, 0.717) is 6.54 Å². The van der Waals surface area contributed by atoms with E-state index in [4.69, 9.17) is 17.3 Å². The van der Waals surface area contributed by atoms with E-state index in [1.807, 2.05) is 14.0 Å². The van der Waals surface area contributed by atoms with Gasteiger partial charge in [0.1, 0.15) is 5.15 Å². The third kappa shape index (κ3) is 2.59. The quantitative estimate of drug-likeness (QED) is 0.947. The van der Waals surface area contributed by atoms with Crippen molar-refractivity contribution in [3.05, 3.63) is 51.8 Å². The highest BCUT2D eigenvalue weighted by atomic mass is 35.5. The van der Waals surface area contributed by atoms with Crippen LogP contribution >= 0.6 is 11.6 Å². The fourth-order valence-corrected chi connectivity index (χ4v) is 3.46. The van der Waals surface area contributed by atoms with E-state index in [1.165, 1.54) is 11.1 Å². The molecule has 0 amide bonds. The number of hydrogen-bond donors (Lipinski definition) is 1. The first-order valence-electron chi connectivity index (χ1n) is 7.31. The second-order valence-electron chi connectivity index (χ2n) is 5.65. The van der Waals surface area contributed by atoms with E-state index >= 15 is 0 Å². The van der Waals surface area contributed by atoms with Gasteiger partial charge in [-0.1, -0.05) is 35.9 Å². The lowest BCUT2D eigenvalue weighted by Gasteiger charge is -2.36. The summed E-state index contributed by atoms with van der Waals surface area (Å²) in [7, 11) is 1.88. The van der Waals surface area contributed by atoms with E-state index in [0.717, 1.165) is 35.9 Å². The zero-order valence-corrected chi connectivity index (χ0v) is 13.3. The van der Waals surface area contributed by atoms with Gasteiger partial charge in [-0.25, -0.2) is 0 Å². The minimum Gasteiger partial charge on any atom is -0.329 e. The molecule has 1 unspecified atom stereocenters. The van der Waals surface area contributed by atoms with E-state index in [-0.39, 0.29) is 6.04 Å². The van der Waals surface area contributed by atoms with E-state index in [9.17, 15) is 0 Å². The summed E-state index contributed by atoms with van der Waals surface area (Å²) in [6.07, 6.45) is 1.06. The number of benzene rings is 1. The number of nitrogens with zero attached hydrogens (tertiary/aromatic N) is 3. The molecule has 0 radical (unpaired) electrons. The number of aromatic nitrogens is 2. The first-order valence-corrected chi connectivity index (χ1v) is 7.69. The van der Waals surface area contributed by atoms with Crippen LogP contribution in [0.2, 0.25) is 5.15 Å². The Morgan fingerprint density at radius 3 is 2.81 bits per heavy atom. The van der Waals surface area contributed by atoms with Crippen molar-refractivity contribution in [2.75, 3.05) is 13.1 Å². The van der Waals surface area contributed by atoms with E-state index in [2.05, 4.69) is 34.3 Å². The Morgan fingerprint density at radius 1 is 1.38 bits per heavy atom. The number of nitrogens with two attached hydrogens (primary N) is 1. The van der Waals surface area contributed by atoms with Gasteiger partial charge < -0.3 is 5.73 Å². The minimum absolute atomic E-state index is 0.255. The largest absolute Gasteiger partial charge is 0.329 e. The summed E-state index contributed by atoms with van der Waals surface area (Å²) in [5.74, 6) is 0. The number of halogens is 1. The second-order valence-corrected chi connectivity index (χ2v) is 6.01. The Labute approximate surface area is 130 Å². The molecule has 0 saturated heterocycles. The Hall–Kier alpha value is -1.36. The predicted molar refractivity (Wildman–Crippen MR) is 85.3 cm³/mol. The van der Waals surface area contributed by atoms with Crippen LogP contribution in [0.15, 0.2) is 24.3 Å². The SMILES string of the molecule is Cc1nn(C)c(Cl)c1CN1CCc2ccccc2C1CN. The van der Waals surface area contributed by atoms with Crippen molar-refractivity contribution in [1.29, 1.82) is 0 Å². The zero-order chi connectivity index (χ0) is 15.0. The molecular formula is C16H21ClN4. The van der Waals surface area contributed by atoms with Crippen molar-refractivity contribution < 1.29 is 0 Å². The normalized spacial score (nSPS) is 18.8. The predicted octanol–water partition coefficient (Wildman–Crippen LogP) is 2.44. The Bertz CT molecular complexity index is 650. The Morgan fingerprint density at radius 2 is 2.14 bits per heavy atom. The molecule has 5 heteroatoms. The zero-order valence-electron chi connectivity index (χ0n) is 12.5. The molecule has 1 aromatic carbocycles. The van der Waals surface area contributed by atoms with Gasteiger partial charge in [0.2, 0.25) is 0 Å². The molecule has 1 aliphatic heterocycles. The van der Waals surface area contributed by atoms with Gasteiger partial charge in [0.15, 0.2) is 0 Å². The lowest BCUT2D eigenvalue weighted by atomic mass is 9.92. The lowest BCUT2D eigenvalue weighted by Crippen LogP contribution is -2.38. The highest BCUT2D eigenvalue weighted by Gasteiger charge is 2.27. The fourth-order valence-electron chi connectivity index (χ4n) is 3.23. The summed E-state index contributed by atoms with van der Waals surface area (Å²) in [6, 6.07) is 8.84. The van der Waals surface area contributed by atoms with E-state index in [1.54, 1.807) is 4.68 Å². The first-order chi connectivity index (χ1) is 10.1. The molecule has 1 aliphatic rings. The van der Waals surface area contributed by atoms with Gasteiger partial charge in [0, 0.05) is 38.3 Å². The van der Waals surface area contributed by atoms with Crippen LogP contribution in [-0.2, 0) is 20.0 Å². The van der Waals surface area contributed by atoms with Gasteiger partial charge in [-0.3, -0.25) is 9.58 Å².